The Kier molecular flexibility index (Phi) is 7.94. The van der Waals surface area contributed by atoms with Gasteiger partial charge in [0.15, 0.2) is 0 Å². The lowest BCUT2D eigenvalue weighted by Gasteiger charge is -2.11. The van der Waals surface area contributed by atoms with Gasteiger partial charge in [-0.05, 0) is 138 Å². The molecule has 11 rings (SSSR count). The Hall–Kier alpha value is -7.49. The van der Waals surface area contributed by atoms with E-state index >= 15 is 0 Å². The molecule has 0 aliphatic heterocycles. The SMILES string of the molecule is Cc1ccc2c(c1)c1cc(-c3ccc4c(c3)c3cc(C)ccc3n4-c3ccc(-c4cccc(-c5cccc(-c6ccccc6)c5)c4)cn3)ccc1n2-c1ccccc1. The van der Waals surface area contributed by atoms with Crippen LogP contribution in [0.4, 0.5) is 0 Å². The van der Waals surface area contributed by atoms with Crippen molar-refractivity contribution in [2.45, 2.75) is 13.8 Å². The predicted octanol–water partition coefficient (Wildman–Crippen LogP) is 14.6. The first-order valence-corrected chi connectivity index (χ1v) is 19.9. The zero-order valence-electron chi connectivity index (χ0n) is 32.4. The van der Waals surface area contributed by atoms with Crippen LogP contribution in [0.15, 0.2) is 200 Å². The largest absolute Gasteiger partial charge is 0.309 e. The van der Waals surface area contributed by atoms with E-state index in [9.17, 15) is 0 Å². The summed E-state index contributed by atoms with van der Waals surface area (Å²) in [6, 6.07) is 70.5. The van der Waals surface area contributed by atoms with E-state index < -0.39 is 0 Å². The minimum Gasteiger partial charge on any atom is -0.309 e. The monoisotopic (exact) mass is 741 g/mol. The Balaban J connectivity index is 0.979. The van der Waals surface area contributed by atoms with Crippen LogP contribution >= 0.6 is 0 Å². The van der Waals surface area contributed by atoms with Gasteiger partial charge in [-0.1, -0.05) is 120 Å². The average Bonchev–Trinajstić information content (AvgIpc) is 3.78. The second-order valence-electron chi connectivity index (χ2n) is 15.4. The van der Waals surface area contributed by atoms with E-state index in [0.29, 0.717) is 0 Å². The number of hydrogen-bond acceptors (Lipinski definition) is 1. The van der Waals surface area contributed by atoms with Gasteiger partial charge >= 0.3 is 0 Å². The highest BCUT2D eigenvalue weighted by Gasteiger charge is 2.17. The van der Waals surface area contributed by atoms with Crippen molar-refractivity contribution in [2.24, 2.45) is 0 Å². The second kappa shape index (κ2) is 13.6. The summed E-state index contributed by atoms with van der Waals surface area (Å²) in [5.74, 6) is 0.901. The van der Waals surface area contributed by atoms with E-state index in [1.165, 1.54) is 82.8 Å². The summed E-state index contributed by atoms with van der Waals surface area (Å²) in [5, 5.41) is 4.97. The number of nitrogens with zero attached hydrogens (tertiary/aromatic N) is 3. The van der Waals surface area contributed by atoms with Crippen LogP contribution in [0.2, 0.25) is 0 Å². The number of rotatable bonds is 6. The number of aryl methyl sites for hydroxylation is 2. The molecule has 3 nitrogen and oxygen atoms in total. The van der Waals surface area contributed by atoms with Crippen LogP contribution < -0.4 is 0 Å². The molecule has 58 heavy (non-hydrogen) atoms. The smallest absolute Gasteiger partial charge is 0.137 e. The number of hydrogen-bond donors (Lipinski definition) is 0. The third-order valence-corrected chi connectivity index (χ3v) is 11.7. The van der Waals surface area contributed by atoms with E-state index in [-0.39, 0.29) is 0 Å². The Morgan fingerprint density at radius 3 is 1.26 bits per heavy atom. The Bertz CT molecular complexity index is 3330. The molecule has 3 heteroatoms. The maximum atomic E-state index is 5.12. The zero-order chi connectivity index (χ0) is 38.7. The molecule has 0 atom stereocenters. The standard InChI is InChI=1S/C55H39N3/c1-36-19-24-51-47(29-36)49-33-43(21-26-52(49)57(51)46-17-7-4-8-18-46)44-22-27-54-50(34-44)48-30-37(2)20-25-53(48)58(54)55-28-23-45(35-56-55)42-16-10-15-41(32-42)40-14-9-13-39(31-40)38-11-5-3-6-12-38/h3-35H,1-2H3. The number of benzene rings is 8. The highest BCUT2D eigenvalue weighted by molar-refractivity contribution is 6.13. The molecule has 0 N–H and O–H groups in total. The van der Waals surface area contributed by atoms with Crippen LogP contribution in [0.25, 0.3) is 99.6 Å². The summed E-state index contributed by atoms with van der Waals surface area (Å²) in [7, 11) is 0. The molecule has 0 unspecified atom stereocenters. The minimum atomic E-state index is 0.901. The van der Waals surface area contributed by atoms with E-state index in [2.05, 4.69) is 217 Å². The average molecular weight is 742 g/mol. The van der Waals surface area contributed by atoms with Crippen molar-refractivity contribution < 1.29 is 0 Å². The first kappa shape index (κ1) is 33.8. The molecule has 0 aliphatic carbocycles. The molecule has 0 radical (unpaired) electrons. The Labute approximate surface area is 337 Å². The summed E-state index contributed by atoms with van der Waals surface area (Å²) in [6.07, 6.45) is 2.01. The summed E-state index contributed by atoms with van der Waals surface area (Å²) < 4.78 is 4.69. The lowest BCUT2D eigenvalue weighted by atomic mass is 9.97. The molecule has 8 aromatic carbocycles. The molecule has 0 amide bonds. The van der Waals surface area contributed by atoms with Crippen LogP contribution in [0.1, 0.15) is 11.1 Å². The summed E-state index contributed by atoms with van der Waals surface area (Å²) in [4.78, 5) is 5.12. The lowest BCUT2D eigenvalue weighted by molar-refractivity contribution is 1.08. The number of pyridine rings is 1. The van der Waals surface area contributed by atoms with Crippen LogP contribution in [0.5, 0.6) is 0 Å². The van der Waals surface area contributed by atoms with Crippen molar-refractivity contribution in [1.82, 2.24) is 14.1 Å². The van der Waals surface area contributed by atoms with Gasteiger partial charge in [-0.2, -0.15) is 0 Å². The van der Waals surface area contributed by atoms with E-state index in [0.717, 1.165) is 28.0 Å². The molecule has 0 saturated heterocycles. The quantitative estimate of drug-likeness (QED) is 0.166. The predicted molar refractivity (Wildman–Crippen MR) is 244 cm³/mol. The van der Waals surface area contributed by atoms with Crippen molar-refractivity contribution >= 4 is 43.6 Å². The van der Waals surface area contributed by atoms with Gasteiger partial charge in [0.2, 0.25) is 0 Å². The van der Waals surface area contributed by atoms with Crippen LogP contribution in [-0.2, 0) is 0 Å². The molecule has 0 aliphatic rings. The maximum Gasteiger partial charge on any atom is 0.137 e. The summed E-state index contributed by atoms with van der Waals surface area (Å²) in [6.45, 7) is 4.35. The van der Waals surface area contributed by atoms with E-state index in [4.69, 9.17) is 4.98 Å². The molecular formula is C55H39N3. The highest BCUT2D eigenvalue weighted by atomic mass is 15.1. The first-order chi connectivity index (χ1) is 28.6. The number of para-hydroxylation sites is 1. The van der Waals surface area contributed by atoms with Gasteiger partial charge in [0.05, 0.1) is 22.1 Å². The van der Waals surface area contributed by atoms with Gasteiger partial charge in [-0.15, -0.1) is 0 Å². The van der Waals surface area contributed by atoms with Gasteiger partial charge in [-0.3, -0.25) is 4.57 Å². The molecule has 0 fully saturated rings. The fraction of sp³-hybridized carbons (Fsp3) is 0.0364. The van der Waals surface area contributed by atoms with Gasteiger partial charge in [0, 0.05) is 39.0 Å². The summed E-state index contributed by atoms with van der Waals surface area (Å²) >= 11 is 0. The molecule has 11 aromatic rings. The lowest BCUT2D eigenvalue weighted by Crippen LogP contribution is -1.97. The van der Waals surface area contributed by atoms with Crippen LogP contribution in [-0.4, -0.2) is 14.1 Å². The molecular weight excluding hydrogens is 703 g/mol. The van der Waals surface area contributed by atoms with E-state index in [1.54, 1.807) is 0 Å². The molecule has 3 aromatic heterocycles. The topological polar surface area (TPSA) is 22.8 Å². The van der Waals surface area contributed by atoms with Crippen molar-refractivity contribution in [3.63, 3.8) is 0 Å². The van der Waals surface area contributed by atoms with Crippen LogP contribution in [0.3, 0.4) is 0 Å². The van der Waals surface area contributed by atoms with Crippen molar-refractivity contribution in [3.8, 4) is 56.0 Å². The minimum absolute atomic E-state index is 0.901. The highest BCUT2D eigenvalue weighted by Crippen LogP contribution is 2.39. The second-order valence-corrected chi connectivity index (χ2v) is 15.4. The summed E-state index contributed by atoms with van der Waals surface area (Å²) in [5.41, 5.74) is 17.8. The number of fused-ring (bicyclic) bond motifs is 6. The Morgan fingerprint density at radius 2 is 0.724 bits per heavy atom. The third kappa shape index (κ3) is 5.71. The molecule has 0 spiro atoms. The van der Waals surface area contributed by atoms with E-state index in [1.807, 2.05) is 6.20 Å². The normalized spacial score (nSPS) is 11.6. The fourth-order valence-corrected chi connectivity index (χ4v) is 8.81. The molecule has 0 bridgehead atoms. The molecule has 0 saturated carbocycles. The Morgan fingerprint density at radius 1 is 0.310 bits per heavy atom. The van der Waals surface area contributed by atoms with Crippen molar-refractivity contribution in [2.75, 3.05) is 0 Å². The third-order valence-electron chi connectivity index (χ3n) is 11.7. The zero-order valence-corrected chi connectivity index (χ0v) is 32.4. The first-order valence-electron chi connectivity index (χ1n) is 19.9. The van der Waals surface area contributed by atoms with Gasteiger partial charge in [-0.25, -0.2) is 4.98 Å². The number of aromatic nitrogens is 3. The van der Waals surface area contributed by atoms with Crippen LogP contribution in [0, 0.1) is 13.8 Å². The molecule has 3 heterocycles. The maximum absolute atomic E-state index is 5.12. The van der Waals surface area contributed by atoms with Gasteiger partial charge in [0.1, 0.15) is 5.82 Å². The molecule has 274 valence electrons. The van der Waals surface area contributed by atoms with Gasteiger partial charge in [0.25, 0.3) is 0 Å². The fourth-order valence-electron chi connectivity index (χ4n) is 8.81. The van der Waals surface area contributed by atoms with Crippen molar-refractivity contribution in [1.29, 1.82) is 0 Å². The van der Waals surface area contributed by atoms with Gasteiger partial charge < -0.3 is 4.57 Å². The van der Waals surface area contributed by atoms with Crippen molar-refractivity contribution in [3.05, 3.63) is 211 Å².